The predicted octanol–water partition coefficient (Wildman–Crippen LogP) is 4.69. The fraction of sp³-hybridized carbons (Fsp3) is 0.600. The molecule has 1 aromatic rings. The van der Waals surface area contributed by atoms with Crippen molar-refractivity contribution in [2.45, 2.75) is 49.5 Å². The van der Waals surface area contributed by atoms with Gasteiger partial charge >= 0.3 is 0 Å². The maximum atomic E-state index is 13.2. The first-order chi connectivity index (χ1) is 8.71. The molecule has 98 valence electrons. The third kappa shape index (κ3) is 2.07. The van der Waals surface area contributed by atoms with Gasteiger partial charge in [0.05, 0.1) is 0 Å². The molecular formula is C15H18BrFO. The summed E-state index contributed by atoms with van der Waals surface area (Å²) in [4.78, 5) is 0.573. The Morgan fingerprint density at radius 1 is 1.22 bits per heavy atom. The van der Waals surface area contributed by atoms with Crippen LogP contribution in [0.2, 0.25) is 0 Å². The quantitative estimate of drug-likeness (QED) is 0.720. The molecule has 0 radical (unpaired) electrons. The Morgan fingerprint density at radius 3 is 2.67 bits per heavy atom. The first-order valence-electron chi connectivity index (χ1n) is 6.77. The minimum atomic E-state index is -0.222. The van der Waals surface area contributed by atoms with Crippen LogP contribution in [0.15, 0.2) is 24.3 Å². The number of rotatable bonds is 2. The highest BCUT2D eigenvalue weighted by molar-refractivity contribution is 9.09. The van der Waals surface area contributed by atoms with Crippen molar-refractivity contribution in [1.82, 2.24) is 0 Å². The molecule has 3 heteroatoms. The van der Waals surface area contributed by atoms with Crippen LogP contribution in [0.3, 0.4) is 0 Å². The maximum Gasteiger partial charge on any atom is 0.126 e. The van der Waals surface area contributed by atoms with Gasteiger partial charge in [-0.25, -0.2) is 4.39 Å². The van der Waals surface area contributed by atoms with Crippen molar-refractivity contribution < 1.29 is 9.13 Å². The maximum absolute atomic E-state index is 13.2. The van der Waals surface area contributed by atoms with E-state index in [1.54, 1.807) is 6.07 Å². The number of benzene rings is 1. The van der Waals surface area contributed by atoms with Gasteiger partial charge in [-0.3, -0.25) is 0 Å². The Bertz CT molecular complexity index is 428. The van der Waals surface area contributed by atoms with Gasteiger partial charge in [-0.05, 0) is 31.4 Å². The highest BCUT2D eigenvalue weighted by Gasteiger charge is 2.55. The Balaban J connectivity index is 1.73. The number of hydrogen-bond acceptors (Lipinski definition) is 1. The summed E-state index contributed by atoms with van der Waals surface area (Å²) in [5, 5.41) is 0. The Hall–Kier alpha value is -0.570. The van der Waals surface area contributed by atoms with Gasteiger partial charge in [0, 0.05) is 16.3 Å². The average molecular weight is 313 g/mol. The normalized spacial score (nSPS) is 29.9. The number of hydrogen-bond donors (Lipinski definition) is 0. The van der Waals surface area contributed by atoms with Crippen molar-refractivity contribution in [3.8, 4) is 5.75 Å². The molecule has 1 aromatic carbocycles. The van der Waals surface area contributed by atoms with E-state index >= 15 is 0 Å². The molecule has 1 spiro atoms. The number of halogens is 2. The molecule has 1 nitrogen and oxygen atoms in total. The van der Waals surface area contributed by atoms with Crippen LogP contribution in [0.1, 0.15) is 38.5 Å². The van der Waals surface area contributed by atoms with Gasteiger partial charge in [-0.15, -0.1) is 0 Å². The molecule has 2 aliphatic rings. The zero-order chi connectivity index (χ0) is 12.6. The van der Waals surface area contributed by atoms with Gasteiger partial charge in [-0.1, -0.05) is 41.3 Å². The minimum Gasteiger partial charge on any atom is -0.490 e. The van der Waals surface area contributed by atoms with Crippen LogP contribution in [0.25, 0.3) is 0 Å². The van der Waals surface area contributed by atoms with Crippen molar-refractivity contribution in [3.63, 3.8) is 0 Å². The van der Waals surface area contributed by atoms with Gasteiger partial charge in [0.15, 0.2) is 0 Å². The molecule has 2 aliphatic carbocycles. The Morgan fingerprint density at radius 2 is 2.00 bits per heavy atom. The topological polar surface area (TPSA) is 9.23 Å². The molecule has 2 saturated carbocycles. The fourth-order valence-corrected chi connectivity index (χ4v) is 4.51. The lowest BCUT2D eigenvalue weighted by molar-refractivity contribution is -0.0602. The van der Waals surface area contributed by atoms with Crippen molar-refractivity contribution >= 4 is 15.9 Å². The summed E-state index contributed by atoms with van der Waals surface area (Å²) < 4.78 is 19.2. The van der Waals surface area contributed by atoms with E-state index in [1.807, 2.05) is 6.07 Å². The summed E-state index contributed by atoms with van der Waals surface area (Å²) in [6, 6.07) is 6.50. The highest BCUT2D eigenvalue weighted by Crippen LogP contribution is 2.56. The fourth-order valence-electron chi connectivity index (χ4n) is 3.41. The summed E-state index contributed by atoms with van der Waals surface area (Å²) in [7, 11) is 0. The summed E-state index contributed by atoms with van der Waals surface area (Å²) in [5.41, 5.74) is 0.296. The second kappa shape index (κ2) is 4.84. The summed E-state index contributed by atoms with van der Waals surface area (Å²) in [6.07, 6.45) is 7.70. The van der Waals surface area contributed by atoms with Crippen LogP contribution in [0.5, 0.6) is 5.75 Å². The monoisotopic (exact) mass is 312 g/mol. The van der Waals surface area contributed by atoms with Gasteiger partial charge in [0.2, 0.25) is 0 Å². The molecule has 0 N–H and O–H groups in total. The average Bonchev–Trinajstić information content (AvgIpc) is 2.39. The van der Waals surface area contributed by atoms with Crippen molar-refractivity contribution in [1.29, 1.82) is 0 Å². The lowest BCUT2D eigenvalue weighted by Gasteiger charge is -2.55. The summed E-state index contributed by atoms with van der Waals surface area (Å²) in [6.45, 7) is 0. The molecule has 2 atom stereocenters. The van der Waals surface area contributed by atoms with Crippen LogP contribution < -0.4 is 4.74 Å². The van der Waals surface area contributed by atoms with E-state index in [1.165, 1.54) is 44.2 Å². The summed E-state index contributed by atoms with van der Waals surface area (Å²) in [5.74, 6) is 0.448. The van der Waals surface area contributed by atoms with Gasteiger partial charge < -0.3 is 4.74 Å². The standard InChI is InChI=1S/C15H18BrFO/c16-13-10-14(15(13)7-2-1-3-8-15)18-12-6-4-5-11(17)9-12/h4-6,9,13-14H,1-3,7-8,10H2. The number of alkyl halides is 1. The Kier molecular flexibility index (Phi) is 3.35. The molecule has 2 fully saturated rings. The second-order valence-electron chi connectivity index (χ2n) is 5.56. The lowest BCUT2D eigenvalue weighted by Crippen LogP contribution is -2.57. The minimum absolute atomic E-state index is 0.222. The zero-order valence-electron chi connectivity index (χ0n) is 10.4. The highest BCUT2D eigenvalue weighted by atomic mass is 79.9. The molecule has 2 unspecified atom stereocenters. The first-order valence-corrected chi connectivity index (χ1v) is 7.69. The van der Waals surface area contributed by atoms with Crippen LogP contribution >= 0.6 is 15.9 Å². The second-order valence-corrected chi connectivity index (χ2v) is 6.67. The molecule has 0 amide bonds. The molecular weight excluding hydrogens is 295 g/mol. The molecule has 0 bridgehead atoms. The van der Waals surface area contributed by atoms with Crippen LogP contribution in [-0.2, 0) is 0 Å². The van der Waals surface area contributed by atoms with E-state index in [0.717, 1.165) is 6.42 Å². The van der Waals surface area contributed by atoms with Crippen molar-refractivity contribution in [3.05, 3.63) is 30.1 Å². The third-order valence-electron chi connectivity index (χ3n) is 4.54. The molecule has 0 aliphatic heterocycles. The van der Waals surface area contributed by atoms with Crippen molar-refractivity contribution in [2.24, 2.45) is 5.41 Å². The van der Waals surface area contributed by atoms with Crippen molar-refractivity contribution in [2.75, 3.05) is 0 Å². The predicted molar refractivity (Wildman–Crippen MR) is 73.7 cm³/mol. The van der Waals surface area contributed by atoms with Gasteiger partial charge in [0.25, 0.3) is 0 Å². The molecule has 3 rings (SSSR count). The largest absolute Gasteiger partial charge is 0.490 e. The summed E-state index contributed by atoms with van der Waals surface area (Å²) >= 11 is 3.79. The van der Waals surface area contributed by atoms with Crippen LogP contribution in [0.4, 0.5) is 4.39 Å². The van der Waals surface area contributed by atoms with E-state index in [4.69, 9.17) is 4.74 Å². The van der Waals surface area contributed by atoms with E-state index in [9.17, 15) is 4.39 Å². The van der Waals surface area contributed by atoms with Gasteiger partial charge in [0.1, 0.15) is 17.7 Å². The number of ether oxygens (including phenoxy) is 1. The van der Waals surface area contributed by atoms with E-state index in [2.05, 4.69) is 15.9 Å². The molecule has 18 heavy (non-hydrogen) atoms. The van der Waals surface area contributed by atoms with Gasteiger partial charge in [-0.2, -0.15) is 0 Å². The smallest absolute Gasteiger partial charge is 0.126 e. The zero-order valence-corrected chi connectivity index (χ0v) is 12.0. The Labute approximate surface area is 116 Å². The SMILES string of the molecule is Fc1cccc(OC2CC(Br)C23CCCCC3)c1. The van der Waals surface area contributed by atoms with Crippen LogP contribution in [-0.4, -0.2) is 10.9 Å². The van der Waals surface area contributed by atoms with E-state index < -0.39 is 0 Å². The lowest BCUT2D eigenvalue weighted by atomic mass is 9.58. The molecule has 0 heterocycles. The van der Waals surface area contributed by atoms with Crippen LogP contribution in [0, 0.1) is 11.2 Å². The first kappa shape index (κ1) is 12.5. The third-order valence-corrected chi connectivity index (χ3v) is 5.83. The molecule has 0 saturated heterocycles. The van der Waals surface area contributed by atoms with E-state index in [0.29, 0.717) is 16.0 Å². The van der Waals surface area contributed by atoms with E-state index in [-0.39, 0.29) is 11.9 Å². The molecule has 0 aromatic heterocycles.